The molecule has 3 nitrogen and oxygen atoms in total. The average molecular weight is 298 g/mol. The van der Waals surface area contributed by atoms with Crippen LogP contribution in [-0.2, 0) is 13.2 Å². The number of halogens is 2. The average Bonchev–Trinajstić information content (AvgIpc) is 2.88. The Hall–Kier alpha value is -1.52. The molecule has 0 fully saturated rings. The number of ether oxygens (including phenoxy) is 1. The second kappa shape index (κ2) is 7.31. The summed E-state index contributed by atoms with van der Waals surface area (Å²) in [6.45, 7) is 4.06. The molecule has 1 aromatic carbocycles. The van der Waals surface area contributed by atoms with Gasteiger partial charge in [-0.2, -0.15) is 0 Å². The van der Waals surface area contributed by atoms with Crippen molar-refractivity contribution in [2.75, 3.05) is 6.54 Å². The highest BCUT2D eigenvalue weighted by Crippen LogP contribution is 2.22. The van der Waals surface area contributed by atoms with Gasteiger partial charge in [0, 0.05) is 18.2 Å². The molecule has 1 aromatic heterocycles. The van der Waals surface area contributed by atoms with E-state index in [1.807, 2.05) is 6.07 Å². The highest BCUT2D eigenvalue weighted by atomic mass is 35.5. The molecule has 0 saturated heterocycles. The molecule has 5 heteroatoms. The quantitative estimate of drug-likeness (QED) is 0.780. The molecule has 0 atom stereocenters. The third-order valence-corrected chi connectivity index (χ3v) is 3.15. The number of benzene rings is 1. The molecule has 108 valence electrons. The van der Waals surface area contributed by atoms with Crippen LogP contribution < -0.4 is 10.1 Å². The van der Waals surface area contributed by atoms with Crippen molar-refractivity contribution in [3.8, 4) is 5.75 Å². The zero-order chi connectivity index (χ0) is 14.4. The van der Waals surface area contributed by atoms with E-state index in [0.717, 1.165) is 30.8 Å². The summed E-state index contributed by atoms with van der Waals surface area (Å²) in [5.41, 5.74) is 1.05. The zero-order valence-corrected chi connectivity index (χ0v) is 12.0. The number of nitrogens with one attached hydrogen (secondary N) is 1. The van der Waals surface area contributed by atoms with Crippen LogP contribution in [0.4, 0.5) is 4.39 Å². The van der Waals surface area contributed by atoms with Crippen molar-refractivity contribution in [1.29, 1.82) is 0 Å². The van der Waals surface area contributed by atoms with Gasteiger partial charge in [0.25, 0.3) is 0 Å². The molecule has 20 heavy (non-hydrogen) atoms. The fraction of sp³-hybridized carbons (Fsp3) is 0.333. The van der Waals surface area contributed by atoms with Crippen LogP contribution in [-0.4, -0.2) is 6.54 Å². The van der Waals surface area contributed by atoms with Crippen LogP contribution >= 0.6 is 11.6 Å². The molecule has 1 heterocycles. The lowest BCUT2D eigenvalue weighted by Gasteiger charge is -2.07. The van der Waals surface area contributed by atoms with Gasteiger partial charge in [0.05, 0.1) is 11.3 Å². The summed E-state index contributed by atoms with van der Waals surface area (Å²) in [5, 5.41) is 3.38. The summed E-state index contributed by atoms with van der Waals surface area (Å²) in [5.74, 6) is 0.674. The first-order valence-electron chi connectivity index (χ1n) is 6.54. The van der Waals surface area contributed by atoms with E-state index in [1.54, 1.807) is 12.3 Å². The predicted octanol–water partition coefficient (Wildman–Crippen LogP) is 4.15. The van der Waals surface area contributed by atoms with E-state index in [4.69, 9.17) is 20.8 Å². The summed E-state index contributed by atoms with van der Waals surface area (Å²) in [7, 11) is 0. The van der Waals surface area contributed by atoms with E-state index < -0.39 is 5.82 Å². The Kier molecular flexibility index (Phi) is 5.44. The van der Waals surface area contributed by atoms with Gasteiger partial charge in [-0.3, -0.25) is 0 Å². The molecular weight excluding hydrogens is 281 g/mol. The third kappa shape index (κ3) is 3.99. The van der Waals surface area contributed by atoms with E-state index in [9.17, 15) is 4.39 Å². The van der Waals surface area contributed by atoms with Crippen LogP contribution in [0.2, 0.25) is 5.02 Å². The van der Waals surface area contributed by atoms with Crippen LogP contribution in [0.3, 0.4) is 0 Å². The molecular formula is C15H17ClFNO2. The van der Waals surface area contributed by atoms with E-state index >= 15 is 0 Å². The van der Waals surface area contributed by atoms with Gasteiger partial charge in [-0.1, -0.05) is 18.5 Å². The van der Waals surface area contributed by atoms with Crippen molar-refractivity contribution in [2.45, 2.75) is 26.5 Å². The standard InChI is InChI=1S/C15H17ClFNO2/c1-2-6-18-9-11-5-7-19-15(11)10-20-12-3-4-13(16)14(17)8-12/h3-5,7-8,18H,2,6,9-10H2,1H3. The Labute approximate surface area is 122 Å². The fourth-order valence-corrected chi connectivity index (χ4v) is 1.88. The van der Waals surface area contributed by atoms with Gasteiger partial charge in [0.2, 0.25) is 0 Å². The van der Waals surface area contributed by atoms with Gasteiger partial charge in [0.15, 0.2) is 0 Å². The molecule has 0 amide bonds. The van der Waals surface area contributed by atoms with Crippen LogP contribution in [0.15, 0.2) is 34.9 Å². The minimum atomic E-state index is -0.492. The number of rotatable bonds is 7. The maximum atomic E-state index is 13.3. The minimum Gasteiger partial charge on any atom is -0.486 e. The first kappa shape index (κ1) is 14.9. The summed E-state index contributed by atoms with van der Waals surface area (Å²) in [6, 6.07) is 6.27. The molecule has 0 spiro atoms. The SMILES string of the molecule is CCCNCc1ccoc1COc1ccc(Cl)c(F)c1. The monoisotopic (exact) mass is 297 g/mol. The largest absolute Gasteiger partial charge is 0.486 e. The first-order valence-corrected chi connectivity index (χ1v) is 6.92. The second-order valence-electron chi connectivity index (χ2n) is 4.41. The molecule has 2 aromatic rings. The summed E-state index contributed by atoms with van der Waals surface area (Å²) in [6.07, 6.45) is 2.71. The van der Waals surface area contributed by atoms with Gasteiger partial charge >= 0.3 is 0 Å². The van der Waals surface area contributed by atoms with Crippen LogP contribution in [0, 0.1) is 5.82 Å². The molecule has 0 aliphatic heterocycles. The second-order valence-corrected chi connectivity index (χ2v) is 4.82. The van der Waals surface area contributed by atoms with E-state index in [0.29, 0.717) is 5.75 Å². The summed E-state index contributed by atoms with van der Waals surface area (Å²) in [4.78, 5) is 0. The Morgan fingerprint density at radius 1 is 1.35 bits per heavy atom. The Bertz CT molecular complexity index is 557. The van der Waals surface area contributed by atoms with E-state index in [2.05, 4.69) is 12.2 Å². The summed E-state index contributed by atoms with van der Waals surface area (Å²) < 4.78 is 24.2. The van der Waals surface area contributed by atoms with Crippen molar-refractivity contribution >= 4 is 11.6 Å². The highest BCUT2D eigenvalue weighted by Gasteiger charge is 2.08. The molecule has 0 saturated carbocycles. The number of furan rings is 1. The van der Waals surface area contributed by atoms with E-state index in [1.165, 1.54) is 12.1 Å². The Morgan fingerprint density at radius 3 is 2.95 bits per heavy atom. The van der Waals surface area contributed by atoms with Gasteiger partial charge in [0.1, 0.15) is 23.9 Å². The Morgan fingerprint density at radius 2 is 2.20 bits per heavy atom. The van der Waals surface area contributed by atoms with Crippen molar-refractivity contribution in [3.05, 3.63) is 52.7 Å². The lowest BCUT2D eigenvalue weighted by Crippen LogP contribution is -2.14. The van der Waals surface area contributed by atoms with Gasteiger partial charge in [-0.15, -0.1) is 0 Å². The van der Waals surface area contributed by atoms with Crippen LogP contribution in [0.25, 0.3) is 0 Å². The predicted molar refractivity (Wildman–Crippen MR) is 76.4 cm³/mol. The number of hydrogen-bond donors (Lipinski definition) is 1. The molecule has 0 aliphatic rings. The summed E-state index contributed by atoms with van der Waals surface area (Å²) >= 11 is 5.62. The van der Waals surface area contributed by atoms with Crippen molar-refractivity contribution in [1.82, 2.24) is 5.32 Å². The topological polar surface area (TPSA) is 34.4 Å². The maximum absolute atomic E-state index is 13.3. The third-order valence-electron chi connectivity index (χ3n) is 2.84. The smallest absolute Gasteiger partial charge is 0.146 e. The molecule has 0 aliphatic carbocycles. The first-order chi connectivity index (χ1) is 9.70. The van der Waals surface area contributed by atoms with Crippen molar-refractivity contribution in [2.24, 2.45) is 0 Å². The lowest BCUT2D eigenvalue weighted by molar-refractivity contribution is 0.267. The zero-order valence-electron chi connectivity index (χ0n) is 11.3. The lowest BCUT2D eigenvalue weighted by atomic mass is 10.2. The fourth-order valence-electron chi connectivity index (χ4n) is 1.77. The van der Waals surface area contributed by atoms with Gasteiger partial charge in [-0.05, 0) is 31.2 Å². The molecule has 0 radical (unpaired) electrons. The Balaban J connectivity index is 1.93. The van der Waals surface area contributed by atoms with Crippen molar-refractivity contribution < 1.29 is 13.5 Å². The van der Waals surface area contributed by atoms with E-state index in [-0.39, 0.29) is 11.6 Å². The van der Waals surface area contributed by atoms with Crippen LogP contribution in [0.5, 0.6) is 5.75 Å². The van der Waals surface area contributed by atoms with Gasteiger partial charge in [-0.25, -0.2) is 4.39 Å². The highest BCUT2D eigenvalue weighted by molar-refractivity contribution is 6.30. The van der Waals surface area contributed by atoms with Crippen molar-refractivity contribution in [3.63, 3.8) is 0 Å². The molecule has 0 bridgehead atoms. The van der Waals surface area contributed by atoms with Crippen LogP contribution in [0.1, 0.15) is 24.7 Å². The minimum absolute atomic E-state index is 0.0832. The normalized spacial score (nSPS) is 10.8. The molecule has 0 unspecified atom stereocenters. The number of hydrogen-bond acceptors (Lipinski definition) is 3. The molecule has 1 N–H and O–H groups in total. The molecule has 2 rings (SSSR count). The maximum Gasteiger partial charge on any atom is 0.146 e. The van der Waals surface area contributed by atoms with Gasteiger partial charge < -0.3 is 14.5 Å².